The Hall–Kier alpha value is 0.1000. The number of hydrogen-bond donors (Lipinski definition) is 2. The van der Waals surface area contributed by atoms with Gasteiger partial charge in [-0.15, -0.1) is 11.3 Å². The van der Waals surface area contributed by atoms with Crippen LogP contribution in [0.3, 0.4) is 0 Å². The molecule has 0 saturated carbocycles. The summed E-state index contributed by atoms with van der Waals surface area (Å²) in [6, 6.07) is 2.50. The number of aliphatic hydroxyl groups is 1. The molecule has 0 aromatic carbocycles. The van der Waals surface area contributed by atoms with Crippen LogP contribution in [0.15, 0.2) is 15.9 Å². The van der Waals surface area contributed by atoms with Gasteiger partial charge in [0, 0.05) is 20.8 Å². The number of hydrogen-bond acceptors (Lipinski definition) is 3. The molecule has 0 amide bonds. The summed E-state index contributed by atoms with van der Waals surface area (Å²) in [6.07, 6.45) is 0. The molecule has 1 heterocycles. The fourth-order valence-electron chi connectivity index (χ4n) is 1.14. The van der Waals surface area contributed by atoms with Crippen LogP contribution in [0.5, 0.6) is 0 Å². The second-order valence-corrected chi connectivity index (χ2v) is 5.08. The maximum absolute atomic E-state index is 9.17. The highest BCUT2D eigenvalue weighted by Crippen LogP contribution is 2.25. The first kappa shape index (κ1) is 11.2. The largest absolute Gasteiger partial charge is 0.394 e. The summed E-state index contributed by atoms with van der Waals surface area (Å²) < 4.78 is 1.08. The van der Waals surface area contributed by atoms with Gasteiger partial charge in [-0.1, -0.05) is 13.8 Å². The van der Waals surface area contributed by atoms with E-state index >= 15 is 0 Å². The quantitative estimate of drug-likeness (QED) is 0.876. The third-order valence-corrected chi connectivity index (χ3v) is 3.46. The van der Waals surface area contributed by atoms with Crippen LogP contribution in [0.2, 0.25) is 0 Å². The summed E-state index contributed by atoms with van der Waals surface area (Å²) in [6.45, 7) is 4.29. The van der Waals surface area contributed by atoms with Gasteiger partial charge in [0.2, 0.25) is 0 Å². The average molecular weight is 264 g/mol. The molecule has 4 heteroatoms. The maximum Gasteiger partial charge on any atom is 0.0652 e. The van der Waals surface area contributed by atoms with Gasteiger partial charge >= 0.3 is 0 Å². The predicted octanol–water partition coefficient (Wildman–Crippen LogP) is 2.54. The molecule has 0 radical (unpaired) electrons. The fourth-order valence-corrected chi connectivity index (χ4v) is 2.64. The van der Waals surface area contributed by atoms with Crippen molar-refractivity contribution in [3.63, 3.8) is 0 Å². The summed E-state index contributed by atoms with van der Waals surface area (Å²) in [5, 5.41) is 14.5. The molecule has 2 nitrogen and oxygen atoms in total. The van der Waals surface area contributed by atoms with Crippen molar-refractivity contribution in [1.82, 2.24) is 5.32 Å². The standard InChI is InChI=1S/C9H14BrNOS/c1-6(2)11-8(4-12)9-3-7(10)5-13-9/h3,5-6,8,11-12H,4H2,1-2H3. The summed E-state index contributed by atoms with van der Waals surface area (Å²) in [5.41, 5.74) is 0. The smallest absolute Gasteiger partial charge is 0.0652 e. The second kappa shape index (κ2) is 5.10. The number of thiophene rings is 1. The van der Waals surface area contributed by atoms with Crippen LogP contribution < -0.4 is 5.32 Å². The van der Waals surface area contributed by atoms with Crippen molar-refractivity contribution < 1.29 is 5.11 Å². The van der Waals surface area contributed by atoms with E-state index < -0.39 is 0 Å². The Morgan fingerprint density at radius 3 is 2.69 bits per heavy atom. The molecule has 1 unspecified atom stereocenters. The number of aliphatic hydroxyl groups excluding tert-OH is 1. The normalized spacial score (nSPS) is 13.6. The zero-order valence-electron chi connectivity index (χ0n) is 7.75. The first-order valence-corrected chi connectivity index (χ1v) is 5.91. The molecule has 0 aliphatic heterocycles. The third-order valence-electron chi connectivity index (χ3n) is 1.65. The monoisotopic (exact) mass is 263 g/mol. The van der Waals surface area contributed by atoms with Crippen molar-refractivity contribution >= 4 is 27.3 Å². The molecule has 1 aromatic rings. The zero-order valence-corrected chi connectivity index (χ0v) is 10.2. The van der Waals surface area contributed by atoms with Crippen LogP contribution in [0.4, 0.5) is 0 Å². The Morgan fingerprint density at radius 2 is 2.31 bits per heavy atom. The van der Waals surface area contributed by atoms with E-state index in [1.807, 2.05) is 11.4 Å². The molecular formula is C9H14BrNOS. The van der Waals surface area contributed by atoms with Gasteiger partial charge in [0.25, 0.3) is 0 Å². The summed E-state index contributed by atoms with van der Waals surface area (Å²) >= 11 is 5.05. The molecule has 1 aromatic heterocycles. The Morgan fingerprint density at radius 1 is 1.62 bits per heavy atom. The number of nitrogens with one attached hydrogen (secondary N) is 1. The van der Waals surface area contributed by atoms with Crippen molar-refractivity contribution in [3.8, 4) is 0 Å². The van der Waals surface area contributed by atoms with Crippen LogP contribution in [0, 0.1) is 0 Å². The minimum Gasteiger partial charge on any atom is -0.394 e. The minimum absolute atomic E-state index is 0.0660. The van der Waals surface area contributed by atoms with Gasteiger partial charge in [0.1, 0.15) is 0 Å². The maximum atomic E-state index is 9.17. The number of rotatable bonds is 4. The highest BCUT2D eigenvalue weighted by molar-refractivity contribution is 9.10. The highest BCUT2D eigenvalue weighted by Gasteiger charge is 2.12. The molecule has 2 N–H and O–H groups in total. The van der Waals surface area contributed by atoms with Crippen LogP contribution in [-0.2, 0) is 0 Å². The topological polar surface area (TPSA) is 32.3 Å². The van der Waals surface area contributed by atoms with Crippen LogP contribution >= 0.6 is 27.3 Å². The van der Waals surface area contributed by atoms with E-state index in [0.717, 1.165) is 4.47 Å². The SMILES string of the molecule is CC(C)NC(CO)c1cc(Br)cs1. The Labute approximate surface area is 91.1 Å². The van der Waals surface area contributed by atoms with Gasteiger partial charge in [-0.3, -0.25) is 0 Å². The molecule has 0 fully saturated rings. The van der Waals surface area contributed by atoms with E-state index in [1.54, 1.807) is 11.3 Å². The lowest BCUT2D eigenvalue weighted by Crippen LogP contribution is -2.29. The van der Waals surface area contributed by atoms with E-state index in [2.05, 4.69) is 35.1 Å². The Balaban J connectivity index is 2.66. The van der Waals surface area contributed by atoms with Crippen molar-refractivity contribution in [1.29, 1.82) is 0 Å². The molecule has 0 saturated heterocycles. The molecule has 13 heavy (non-hydrogen) atoms. The second-order valence-electron chi connectivity index (χ2n) is 3.22. The van der Waals surface area contributed by atoms with Crippen molar-refractivity contribution in [3.05, 3.63) is 20.8 Å². The van der Waals surface area contributed by atoms with Crippen molar-refractivity contribution in [2.24, 2.45) is 0 Å². The molecule has 1 rings (SSSR count). The Kier molecular flexibility index (Phi) is 4.38. The van der Waals surface area contributed by atoms with Gasteiger partial charge in [-0.2, -0.15) is 0 Å². The van der Waals surface area contributed by atoms with Gasteiger partial charge in [-0.25, -0.2) is 0 Å². The van der Waals surface area contributed by atoms with E-state index in [1.165, 1.54) is 4.88 Å². The van der Waals surface area contributed by atoms with Crippen molar-refractivity contribution in [2.45, 2.75) is 25.9 Å². The summed E-state index contributed by atoms with van der Waals surface area (Å²) in [4.78, 5) is 1.17. The molecule has 1 atom stereocenters. The van der Waals surface area contributed by atoms with Crippen LogP contribution in [0.1, 0.15) is 24.8 Å². The lowest BCUT2D eigenvalue weighted by molar-refractivity contribution is 0.239. The fraction of sp³-hybridized carbons (Fsp3) is 0.556. The molecule has 74 valence electrons. The van der Waals surface area contributed by atoms with Gasteiger partial charge in [0.15, 0.2) is 0 Å². The van der Waals surface area contributed by atoms with E-state index in [0.29, 0.717) is 6.04 Å². The molecule has 0 bridgehead atoms. The summed E-state index contributed by atoms with van der Waals surface area (Å²) in [5.74, 6) is 0. The molecule has 0 aliphatic rings. The van der Waals surface area contributed by atoms with Gasteiger partial charge in [-0.05, 0) is 22.0 Å². The predicted molar refractivity (Wildman–Crippen MR) is 60.1 cm³/mol. The van der Waals surface area contributed by atoms with Crippen molar-refractivity contribution in [2.75, 3.05) is 6.61 Å². The average Bonchev–Trinajstić information content (AvgIpc) is 2.47. The lowest BCUT2D eigenvalue weighted by Gasteiger charge is -2.17. The molecule has 0 aliphatic carbocycles. The van der Waals surface area contributed by atoms with E-state index in [4.69, 9.17) is 5.11 Å². The van der Waals surface area contributed by atoms with Gasteiger partial charge < -0.3 is 10.4 Å². The van der Waals surface area contributed by atoms with Crippen LogP contribution in [-0.4, -0.2) is 17.8 Å². The molecular weight excluding hydrogens is 250 g/mol. The minimum atomic E-state index is 0.0660. The first-order valence-electron chi connectivity index (χ1n) is 4.24. The molecule has 0 spiro atoms. The highest BCUT2D eigenvalue weighted by atomic mass is 79.9. The Bertz CT molecular complexity index is 262. The first-order chi connectivity index (χ1) is 6.13. The van der Waals surface area contributed by atoms with Gasteiger partial charge in [0.05, 0.1) is 12.6 Å². The number of halogens is 1. The lowest BCUT2D eigenvalue weighted by atomic mass is 10.2. The summed E-state index contributed by atoms with van der Waals surface area (Å²) in [7, 11) is 0. The zero-order chi connectivity index (χ0) is 9.84. The van der Waals surface area contributed by atoms with E-state index in [-0.39, 0.29) is 12.6 Å². The van der Waals surface area contributed by atoms with Crippen LogP contribution in [0.25, 0.3) is 0 Å². The van der Waals surface area contributed by atoms with E-state index in [9.17, 15) is 0 Å². The third kappa shape index (κ3) is 3.38.